The highest BCUT2D eigenvalue weighted by molar-refractivity contribution is 7.18. The van der Waals surface area contributed by atoms with Crippen molar-refractivity contribution in [1.82, 2.24) is 15.0 Å². The van der Waals surface area contributed by atoms with Crippen LogP contribution in [-0.4, -0.2) is 21.0 Å². The molecule has 1 fully saturated rings. The molecular formula is C12H16N4S. The summed E-state index contributed by atoms with van der Waals surface area (Å²) < 4.78 is 0. The highest BCUT2D eigenvalue weighted by Gasteiger charge is 2.38. The molecular weight excluding hydrogens is 232 g/mol. The fourth-order valence-corrected chi connectivity index (χ4v) is 3.65. The van der Waals surface area contributed by atoms with Gasteiger partial charge < -0.3 is 5.73 Å². The first kappa shape index (κ1) is 11.0. The minimum Gasteiger partial charge on any atom is -0.327 e. The number of thiazole rings is 1. The maximum absolute atomic E-state index is 6.29. The van der Waals surface area contributed by atoms with E-state index in [0.717, 1.165) is 28.3 Å². The third kappa shape index (κ3) is 1.73. The highest BCUT2D eigenvalue weighted by atomic mass is 32.1. The van der Waals surface area contributed by atoms with E-state index < -0.39 is 0 Å². The molecule has 2 aromatic rings. The van der Waals surface area contributed by atoms with Crippen molar-refractivity contribution in [3.8, 4) is 0 Å². The van der Waals surface area contributed by atoms with Crippen molar-refractivity contribution in [2.45, 2.75) is 44.1 Å². The van der Waals surface area contributed by atoms with E-state index >= 15 is 0 Å². The minimum atomic E-state index is 0.00525. The quantitative estimate of drug-likeness (QED) is 0.840. The van der Waals surface area contributed by atoms with Crippen LogP contribution in [0.1, 0.15) is 37.6 Å². The van der Waals surface area contributed by atoms with E-state index in [0.29, 0.717) is 0 Å². The Labute approximate surface area is 104 Å². The third-order valence-electron chi connectivity index (χ3n) is 3.82. The van der Waals surface area contributed by atoms with Crippen molar-refractivity contribution in [3.05, 3.63) is 17.4 Å². The molecule has 1 aliphatic rings. The lowest BCUT2D eigenvalue weighted by atomic mass is 9.72. The lowest BCUT2D eigenvalue weighted by Gasteiger charge is -2.37. The molecule has 90 valence electrons. The number of hydrogen-bond acceptors (Lipinski definition) is 5. The van der Waals surface area contributed by atoms with Gasteiger partial charge in [0.1, 0.15) is 5.01 Å². The average molecular weight is 248 g/mol. The smallest absolute Gasteiger partial charge is 0.189 e. The summed E-state index contributed by atoms with van der Waals surface area (Å²) in [6.45, 7) is 2.23. The van der Waals surface area contributed by atoms with Gasteiger partial charge in [-0.05, 0) is 12.8 Å². The fourth-order valence-electron chi connectivity index (χ4n) is 2.55. The molecule has 1 aliphatic carbocycles. The van der Waals surface area contributed by atoms with Gasteiger partial charge in [0.05, 0.1) is 0 Å². The van der Waals surface area contributed by atoms with Crippen LogP contribution in [0.5, 0.6) is 0 Å². The Hall–Kier alpha value is -1.07. The molecule has 2 heterocycles. The molecule has 2 N–H and O–H groups in total. The second-order valence-electron chi connectivity index (χ2n) is 4.97. The van der Waals surface area contributed by atoms with Crippen LogP contribution in [0.15, 0.2) is 12.4 Å². The second kappa shape index (κ2) is 3.99. The van der Waals surface area contributed by atoms with Gasteiger partial charge in [0.25, 0.3) is 0 Å². The molecule has 0 aliphatic heterocycles. The molecule has 0 radical (unpaired) electrons. The van der Waals surface area contributed by atoms with Crippen LogP contribution < -0.4 is 5.73 Å². The first-order chi connectivity index (χ1) is 8.20. The largest absolute Gasteiger partial charge is 0.327 e. The summed E-state index contributed by atoms with van der Waals surface area (Å²) in [6, 6.07) is 0.205. The molecule has 0 spiro atoms. The zero-order valence-electron chi connectivity index (χ0n) is 9.89. The van der Waals surface area contributed by atoms with E-state index in [1.807, 2.05) is 0 Å². The summed E-state index contributed by atoms with van der Waals surface area (Å²) in [7, 11) is 0. The molecule has 2 atom stereocenters. The molecule has 0 aromatic carbocycles. The van der Waals surface area contributed by atoms with E-state index in [2.05, 4.69) is 21.9 Å². The Balaban J connectivity index is 2.07. The molecule has 17 heavy (non-hydrogen) atoms. The summed E-state index contributed by atoms with van der Waals surface area (Å²) in [6.07, 6.45) is 8.09. The Morgan fingerprint density at radius 1 is 1.35 bits per heavy atom. The standard InChI is InChI=1S/C12H16N4S/c1-12(5-3-2-4-8(12)13)11-16-9-10(17-11)15-7-6-14-9/h6-8H,2-5,13H2,1H3. The average Bonchev–Trinajstić information content (AvgIpc) is 2.77. The number of hydrogen-bond donors (Lipinski definition) is 1. The van der Waals surface area contributed by atoms with E-state index in [9.17, 15) is 0 Å². The predicted octanol–water partition coefficient (Wildman–Crippen LogP) is 2.25. The van der Waals surface area contributed by atoms with Crippen LogP contribution in [0.2, 0.25) is 0 Å². The van der Waals surface area contributed by atoms with Crippen molar-refractivity contribution < 1.29 is 0 Å². The molecule has 3 rings (SSSR count). The van der Waals surface area contributed by atoms with E-state index in [-0.39, 0.29) is 11.5 Å². The van der Waals surface area contributed by atoms with Gasteiger partial charge in [-0.15, -0.1) is 0 Å². The number of nitrogens with zero attached hydrogens (tertiary/aromatic N) is 3. The predicted molar refractivity (Wildman–Crippen MR) is 69.0 cm³/mol. The molecule has 0 amide bonds. The van der Waals surface area contributed by atoms with Crippen molar-refractivity contribution in [2.24, 2.45) is 5.73 Å². The minimum absolute atomic E-state index is 0.00525. The van der Waals surface area contributed by atoms with Crippen molar-refractivity contribution in [2.75, 3.05) is 0 Å². The van der Waals surface area contributed by atoms with E-state index in [4.69, 9.17) is 5.73 Å². The zero-order valence-corrected chi connectivity index (χ0v) is 10.7. The van der Waals surface area contributed by atoms with Gasteiger partial charge in [-0.2, -0.15) is 0 Å². The van der Waals surface area contributed by atoms with Crippen molar-refractivity contribution in [3.63, 3.8) is 0 Å². The van der Waals surface area contributed by atoms with Crippen LogP contribution >= 0.6 is 11.3 Å². The number of rotatable bonds is 1. The maximum Gasteiger partial charge on any atom is 0.189 e. The Morgan fingerprint density at radius 2 is 2.18 bits per heavy atom. The molecule has 4 nitrogen and oxygen atoms in total. The first-order valence-corrected chi connectivity index (χ1v) is 6.85. The van der Waals surface area contributed by atoms with Crippen molar-refractivity contribution >= 4 is 21.8 Å². The number of nitrogens with two attached hydrogens (primary N) is 1. The molecule has 1 saturated carbocycles. The summed E-state index contributed by atoms with van der Waals surface area (Å²) in [4.78, 5) is 14.1. The zero-order chi connectivity index (χ0) is 11.9. The molecule has 0 saturated heterocycles. The van der Waals surface area contributed by atoms with Gasteiger partial charge >= 0.3 is 0 Å². The summed E-state index contributed by atoms with van der Waals surface area (Å²) in [5.74, 6) is 0. The van der Waals surface area contributed by atoms with Gasteiger partial charge in [0, 0.05) is 23.9 Å². The van der Waals surface area contributed by atoms with Crippen LogP contribution in [-0.2, 0) is 5.41 Å². The van der Waals surface area contributed by atoms with Crippen molar-refractivity contribution in [1.29, 1.82) is 0 Å². The van der Waals surface area contributed by atoms with Gasteiger partial charge in [0.2, 0.25) is 0 Å². The van der Waals surface area contributed by atoms with Crippen LogP contribution in [0, 0.1) is 0 Å². The summed E-state index contributed by atoms with van der Waals surface area (Å²) in [5, 5.41) is 1.10. The van der Waals surface area contributed by atoms with Gasteiger partial charge in [-0.1, -0.05) is 31.1 Å². The lowest BCUT2D eigenvalue weighted by Crippen LogP contribution is -2.45. The molecule has 5 heteroatoms. The first-order valence-electron chi connectivity index (χ1n) is 6.04. The Bertz CT molecular complexity index is 505. The number of fused-ring (bicyclic) bond motifs is 1. The Kier molecular flexibility index (Phi) is 2.60. The van der Waals surface area contributed by atoms with Crippen LogP contribution in [0.3, 0.4) is 0 Å². The second-order valence-corrected chi connectivity index (χ2v) is 5.95. The monoisotopic (exact) mass is 248 g/mol. The molecule has 2 aromatic heterocycles. The maximum atomic E-state index is 6.29. The number of aromatic nitrogens is 3. The van der Waals surface area contributed by atoms with Gasteiger partial charge in [0.15, 0.2) is 10.5 Å². The normalized spacial score (nSPS) is 29.6. The van der Waals surface area contributed by atoms with Gasteiger partial charge in [-0.3, -0.25) is 0 Å². The SMILES string of the molecule is CC1(c2nc3nccnc3s2)CCCCC1N. The molecule has 0 bridgehead atoms. The van der Waals surface area contributed by atoms with Gasteiger partial charge in [-0.25, -0.2) is 15.0 Å². The Morgan fingerprint density at radius 3 is 2.94 bits per heavy atom. The van der Waals surface area contributed by atoms with E-state index in [1.165, 1.54) is 12.8 Å². The lowest BCUT2D eigenvalue weighted by molar-refractivity contribution is 0.271. The third-order valence-corrected chi connectivity index (χ3v) is 5.05. The van der Waals surface area contributed by atoms with Crippen LogP contribution in [0.25, 0.3) is 10.5 Å². The van der Waals surface area contributed by atoms with Crippen LogP contribution in [0.4, 0.5) is 0 Å². The highest BCUT2D eigenvalue weighted by Crippen LogP contribution is 2.40. The molecule has 2 unspecified atom stereocenters. The van der Waals surface area contributed by atoms with E-state index in [1.54, 1.807) is 23.7 Å². The summed E-state index contributed by atoms with van der Waals surface area (Å²) in [5.41, 5.74) is 7.05. The fraction of sp³-hybridized carbons (Fsp3) is 0.583. The summed E-state index contributed by atoms with van der Waals surface area (Å²) >= 11 is 1.64. The topological polar surface area (TPSA) is 64.7 Å².